The van der Waals surface area contributed by atoms with Gasteiger partial charge in [-0.1, -0.05) is 42.0 Å². The fourth-order valence-electron chi connectivity index (χ4n) is 4.22. The highest BCUT2D eigenvalue weighted by molar-refractivity contribution is 6.11. The van der Waals surface area contributed by atoms with Crippen LogP contribution in [-0.2, 0) is 27.2 Å². The molecule has 3 aromatic rings. The number of carbonyl (C=O) groups is 2. The van der Waals surface area contributed by atoms with E-state index in [0.29, 0.717) is 36.3 Å². The zero-order chi connectivity index (χ0) is 26.8. The lowest BCUT2D eigenvalue weighted by Crippen LogP contribution is -2.18. The maximum atomic E-state index is 13.0. The Morgan fingerprint density at radius 2 is 1.92 bits per heavy atom. The summed E-state index contributed by atoms with van der Waals surface area (Å²) in [6.07, 6.45) is 6.80. The van der Waals surface area contributed by atoms with Crippen LogP contribution in [0.2, 0.25) is 0 Å². The van der Waals surface area contributed by atoms with Gasteiger partial charge in [0.05, 0.1) is 31.3 Å². The zero-order valence-electron chi connectivity index (χ0n) is 22.5. The number of rotatable bonds is 13. The Bertz CT molecular complexity index is 1230. The van der Waals surface area contributed by atoms with Gasteiger partial charge in [-0.25, -0.2) is 9.78 Å². The second-order valence-corrected chi connectivity index (χ2v) is 9.39. The average Bonchev–Trinajstić information content (AvgIpc) is 3.18. The molecule has 0 aliphatic heterocycles. The quantitative estimate of drug-likeness (QED) is 0.232. The Balaban J connectivity index is 1.94. The third-order valence-electron chi connectivity index (χ3n) is 6.11. The van der Waals surface area contributed by atoms with E-state index in [0.717, 1.165) is 24.1 Å². The molecule has 0 bridgehead atoms. The van der Waals surface area contributed by atoms with Gasteiger partial charge < -0.3 is 24.7 Å². The van der Waals surface area contributed by atoms with Gasteiger partial charge in [0.2, 0.25) is 5.91 Å². The van der Waals surface area contributed by atoms with Crippen LogP contribution in [-0.4, -0.2) is 48.3 Å². The number of hydrogen-bond acceptors (Lipinski definition) is 6. The fourth-order valence-corrected chi connectivity index (χ4v) is 4.22. The molecule has 2 aromatic heterocycles. The van der Waals surface area contributed by atoms with Crippen LogP contribution in [0.25, 0.3) is 11.0 Å². The van der Waals surface area contributed by atoms with Crippen LogP contribution in [0.3, 0.4) is 0 Å². The van der Waals surface area contributed by atoms with Crippen LogP contribution in [0.4, 0.5) is 11.4 Å². The van der Waals surface area contributed by atoms with Gasteiger partial charge >= 0.3 is 5.97 Å². The van der Waals surface area contributed by atoms with E-state index < -0.39 is 5.97 Å². The van der Waals surface area contributed by atoms with Crippen LogP contribution in [0, 0.1) is 0 Å². The highest BCUT2D eigenvalue weighted by atomic mass is 16.5. The molecule has 2 N–H and O–H groups in total. The number of ether oxygens (including phenoxy) is 2. The molecule has 37 heavy (non-hydrogen) atoms. The molecule has 1 atom stereocenters. The number of nitrogens with zero attached hydrogens (tertiary/aromatic N) is 2. The lowest BCUT2D eigenvalue weighted by molar-refractivity contribution is -0.116. The summed E-state index contributed by atoms with van der Waals surface area (Å²) in [4.78, 5) is 30.6. The minimum atomic E-state index is -0.544. The zero-order valence-corrected chi connectivity index (χ0v) is 22.5. The molecule has 1 amide bonds. The summed E-state index contributed by atoms with van der Waals surface area (Å²) in [5.74, 6) is -0.731. The monoisotopic (exact) mass is 506 g/mol. The van der Waals surface area contributed by atoms with Gasteiger partial charge in [0.1, 0.15) is 5.65 Å². The Kier molecular flexibility index (Phi) is 10.3. The van der Waals surface area contributed by atoms with Crippen molar-refractivity contribution in [3.05, 3.63) is 65.5 Å². The van der Waals surface area contributed by atoms with Crippen LogP contribution in [0.15, 0.2) is 54.2 Å². The average molecular weight is 507 g/mol. The third kappa shape index (κ3) is 7.67. The van der Waals surface area contributed by atoms with E-state index in [1.165, 1.54) is 12.7 Å². The molecule has 1 aromatic carbocycles. The van der Waals surface area contributed by atoms with E-state index in [2.05, 4.69) is 42.5 Å². The summed E-state index contributed by atoms with van der Waals surface area (Å²) in [7, 11) is 2.93. The van der Waals surface area contributed by atoms with Gasteiger partial charge in [-0.05, 0) is 51.7 Å². The van der Waals surface area contributed by atoms with E-state index in [9.17, 15) is 9.59 Å². The van der Waals surface area contributed by atoms with E-state index in [-0.39, 0.29) is 24.1 Å². The second kappa shape index (κ2) is 13.6. The van der Waals surface area contributed by atoms with Crippen LogP contribution in [0.1, 0.15) is 56.1 Å². The maximum Gasteiger partial charge on any atom is 0.356 e. The minimum Gasteiger partial charge on any atom is -0.464 e. The minimum absolute atomic E-state index is 0.187. The summed E-state index contributed by atoms with van der Waals surface area (Å²) in [5, 5.41) is 7.15. The van der Waals surface area contributed by atoms with Crippen molar-refractivity contribution in [2.75, 3.05) is 31.5 Å². The topological polar surface area (TPSA) is 94.5 Å². The SMILES string of the molecule is COCCn1c(C(=O)OC)c(NC(=O)CCc2ccccc2)c2cc(N[C@H](C)CCC=C(C)C)cnc21. The molecular formula is C29H38N4O4. The summed E-state index contributed by atoms with van der Waals surface area (Å²) >= 11 is 0. The van der Waals surface area contributed by atoms with Crippen molar-refractivity contribution in [2.45, 2.75) is 59.0 Å². The predicted octanol–water partition coefficient (Wildman–Crippen LogP) is 5.59. The lowest BCUT2D eigenvalue weighted by Gasteiger charge is -2.14. The van der Waals surface area contributed by atoms with Crippen molar-refractivity contribution < 1.29 is 19.1 Å². The second-order valence-electron chi connectivity index (χ2n) is 9.39. The molecule has 2 heterocycles. The molecule has 8 heteroatoms. The third-order valence-corrected chi connectivity index (χ3v) is 6.11. The first-order chi connectivity index (χ1) is 17.8. The highest BCUT2D eigenvalue weighted by Crippen LogP contribution is 2.33. The molecule has 198 valence electrons. The molecule has 0 aliphatic carbocycles. The number of fused-ring (bicyclic) bond motifs is 1. The molecule has 0 saturated heterocycles. The summed E-state index contributed by atoms with van der Waals surface area (Å²) < 4.78 is 12.1. The number of methoxy groups -OCH3 is 2. The Hall–Kier alpha value is -3.65. The molecule has 3 rings (SSSR count). The van der Waals surface area contributed by atoms with Gasteiger partial charge in [-0.3, -0.25) is 4.79 Å². The molecular weight excluding hydrogens is 468 g/mol. The standard InChI is InChI=1S/C29H38N4O4/c1-20(2)10-9-11-21(3)31-23-18-24-26(32-25(34)15-14-22-12-7-6-8-13-22)27(29(35)37-5)33(16-17-36-4)28(24)30-19-23/h6-8,10,12-13,18-19,21,31H,9,11,14-17H2,1-5H3,(H,32,34)/t21-/m1/s1. The van der Waals surface area contributed by atoms with Gasteiger partial charge in [0.15, 0.2) is 5.69 Å². The first-order valence-electron chi connectivity index (χ1n) is 12.7. The number of hydrogen-bond donors (Lipinski definition) is 2. The van der Waals surface area contributed by atoms with Gasteiger partial charge in [0, 0.05) is 31.5 Å². The first-order valence-corrected chi connectivity index (χ1v) is 12.7. The number of carbonyl (C=O) groups excluding carboxylic acids is 2. The molecule has 0 radical (unpaired) electrons. The molecule has 0 aliphatic rings. The normalized spacial score (nSPS) is 11.7. The summed E-state index contributed by atoms with van der Waals surface area (Å²) in [6, 6.07) is 12.0. The number of allylic oxidation sites excluding steroid dienone is 2. The smallest absolute Gasteiger partial charge is 0.356 e. The van der Waals surface area contributed by atoms with Crippen molar-refractivity contribution in [3.63, 3.8) is 0 Å². The Morgan fingerprint density at radius 1 is 1.16 bits per heavy atom. The van der Waals surface area contributed by atoms with Crippen molar-refractivity contribution in [3.8, 4) is 0 Å². The number of amides is 1. The highest BCUT2D eigenvalue weighted by Gasteiger charge is 2.26. The van der Waals surface area contributed by atoms with E-state index in [4.69, 9.17) is 9.47 Å². The number of aryl methyl sites for hydroxylation is 1. The maximum absolute atomic E-state index is 13.0. The van der Waals surface area contributed by atoms with Gasteiger partial charge in [-0.2, -0.15) is 0 Å². The molecule has 0 fully saturated rings. The molecule has 0 spiro atoms. The number of pyridine rings is 1. The summed E-state index contributed by atoms with van der Waals surface area (Å²) in [6.45, 7) is 7.07. The largest absolute Gasteiger partial charge is 0.464 e. The first kappa shape index (κ1) is 27.9. The Labute approximate surface area is 219 Å². The van der Waals surface area contributed by atoms with Crippen molar-refractivity contribution >= 4 is 34.3 Å². The van der Waals surface area contributed by atoms with Crippen LogP contribution in [0.5, 0.6) is 0 Å². The van der Waals surface area contributed by atoms with E-state index in [1.807, 2.05) is 36.4 Å². The van der Waals surface area contributed by atoms with E-state index in [1.54, 1.807) is 17.9 Å². The number of anilines is 2. The summed E-state index contributed by atoms with van der Waals surface area (Å²) in [5.41, 5.74) is 4.43. The van der Waals surface area contributed by atoms with Gasteiger partial charge in [-0.15, -0.1) is 0 Å². The van der Waals surface area contributed by atoms with Crippen LogP contribution < -0.4 is 10.6 Å². The van der Waals surface area contributed by atoms with E-state index >= 15 is 0 Å². The number of benzene rings is 1. The van der Waals surface area contributed by atoms with Crippen molar-refractivity contribution in [1.82, 2.24) is 9.55 Å². The molecule has 0 saturated carbocycles. The number of nitrogens with one attached hydrogen (secondary N) is 2. The predicted molar refractivity (Wildman–Crippen MR) is 148 cm³/mol. The fraction of sp³-hybridized carbons (Fsp3) is 0.414. The van der Waals surface area contributed by atoms with Gasteiger partial charge in [0.25, 0.3) is 0 Å². The number of esters is 1. The lowest BCUT2D eigenvalue weighted by atomic mass is 10.1. The van der Waals surface area contributed by atoms with Crippen molar-refractivity contribution in [2.24, 2.45) is 0 Å². The van der Waals surface area contributed by atoms with Crippen LogP contribution >= 0.6 is 0 Å². The number of aromatic nitrogens is 2. The molecule has 8 nitrogen and oxygen atoms in total. The van der Waals surface area contributed by atoms with Crippen molar-refractivity contribution in [1.29, 1.82) is 0 Å². The molecule has 0 unspecified atom stereocenters. The Morgan fingerprint density at radius 3 is 2.59 bits per heavy atom.